The van der Waals surface area contributed by atoms with Crippen LogP contribution in [-0.2, 0) is 14.2 Å². The third-order valence-electron chi connectivity index (χ3n) is 2.08. The molecule has 2 atom stereocenters. The van der Waals surface area contributed by atoms with Gasteiger partial charge in [0.2, 0.25) is 0 Å². The Morgan fingerprint density at radius 2 is 2.38 bits per heavy atom. The van der Waals surface area contributed by atoms with Gasteiger partial charge in [-0.15, -0.1) is 0 Å². The minimum absolute atomic E-state index is 0.0971. The fourth-order valence-corrected chi connectivity index (χ4v) is 1.16. The van der Waals surface area contributed by atoms with E-state index < -0.39 is 0 Å². The Labute approximate surface area is 79.7 Å². The van der Waals surface area contributed by atoms with Gasteiger partial charge in [-0.25, -0.2) is 0 Å². The number of rotatable bonds is 4. The summed E-state index contributed by atoms with van der Waals surface area (Å²) in [6.45, 7) is 7.96. The van der Waals surface area contributed by atoms with E-state index in [1.54, 1.807) is 0 Å². The van der Waals surface area contributed by atoms with Gasteiger partial charge in [0.15, 0.2) is 6.29 Å². The fraction of sp³-hybridized carbons (Fsp3) is 0.800. The second-order valence-corrected chi connectivity index (χ2v) is 3.12. The second-order valence-electron chi connectivity index (χ2n) is 3.12. The summed E-state index contributed by atoms with van der Waals surface area (Å²) >= 11 is 0. The molecule has 0 spiro atoms. The Morgan fingerprint density at radius 1 is 1.62 bits per heavy atom. The van der Waals surface area contributed by atoms with E-state index in [1.807, 2.05) is 26.8 Å². The molecule has 0 bridgehead atoms. The average Bonchev–Trinajstić information content (AvgIpc) is 2.62. The lowest BCUT2D eigenvalue weighted by Crippen LogP contribution is -2.19. The minimum atomic E-state index is -0.157. The predicted molar refractivity (Wildman–Crippen MR) is 50.5 cm³/mol. The highest BCUT2D eigenvalue weighted by atomic mass is 16.7. The van der Waals surface area contributed by atoms with Gasteiger partial charge in [0.05, 0.1) is 13.2 Å². The molecule has 1 fully saturated rings. The van der Waals surface area contributed by atoms with E-state index in [0.29, 0.717) is 13.2 Å². The molecule has 0 aliphatic carbocycles. The Hall–Kier alpha value is -0.380. The van der Waals surface area contributed by atoms with Crippen molar-refractivity contribution in [3.05, 3.63) is 11.6 Å². The lowest BCUT2D eigenvalue weighted by Gasteiger charge is -2.11. The third-order valence-corrected chi connectivity index (χ3v) is 2.08. The van der Waals surface area contributed by atoms with Crippen LogP contribution in [0.4, 0.5) is 0 Å². The molecular weight excluding hydrogens is 168 g/mol. The summed E-state index contributed by atoms with van der Waals surface area (Å²) < 4.78 is 16.3. The maximum Gasteiger partial charge on any atom is 0.180 e. The molecule has 1 aliphatic rings. The molecule has 13 heavy (non-hydrogen) atoms. The van der Waals surface area contributed by atoms with Crippen LogP contribution in [0.2, 0.25) is 0 Å². The van der Waals surface area contributed by atoms with Gasteiger partial charge in [0, 0.05) is 6.61 Å². The number of hydrogen-bond donors (Lipinski definition) is 0. The molecule has 3 nitrogen and oxygen atoms in total. The third kappa shape index (κ3) is 3.10. The van der Waals surface area contributed by atoms with Gasteiger partial charge in [-0.2, -0.15) is 0 Å². The zero-order valence-corrected chi connectivity index (χ0v) is 8.58. The van der Waals surface area contributed by atoms with Crippen molar-refractivity contribution in [1.82, 2.24) is 0 Å². The van der Waals surface area contributed by atoms with Crippen molar-refractivity contribution in [3.63, 3.8) is 0 Å². The van der Waals surface area contributed by atoms with E-state index in [1.165, 1.54) is 0 Å². The highest BCUT2D eigenvalue weighted by molar-refractivity contribution is 5.01. The molecular formula is C10H18O3. The van der Waals surface area contributed by atoms with Crippen molar-refractivity contribution < 1.29 is 14.2 Å². The topological polar surface area (TPSA) is 27.7 Å². The highest BCUT2D eigenvalue weighted by Gasteiger charge is 2.26. The van der Waals surface area contributed by atoms with Crippen molar-refractivity contribution >= 4 is 0 Å². The standard InChI is InChI=1S/C10H18O3/c1-4-8(3)10-12-7-9(13-10)6-11-5-2/h4,9-10H,5-7H2,1-3H3/b8-4+. The van der Waals surface area contributed by atoms with Crippen molar-refractivity contribution in [2.75, 3.05) is 19.8 Å². The number of allylic oxidation sites excluding steroid dienone is 1. The molecule has 0 aromatic carbocycles. The van der Waals surface area contributed by atoms with E-state index in [-0.39, 0.29) is 12.4 Å². The molecule has 0 saturated carbocycles. The van der Waals surface area contributed by atoms with Crippen LogP contribution in [0.3, 0.4) is 0 Å². The summed E-state index contributed by atoms with van der Waals surface area (Å²) in [6, 6.07) is 0. The monoisotopic (exact) mass is 186 g/mol. The molecule has 0 N–H and O–H groups in total. The lowest BCUT2D eigenvalue weighted by atomic mass is 10.3. The SMILES string of the molecule is C/C=C(\C)C1OCC(COCC)O1. The molecule has 76 valence electrons. The molecule has 1 aliphatic heterocycles. The summed E-state index contributed by atoms with van der Waals surface area (Å²) in [4.78, 5) is 0. The molecule has 0 radical (unpaired) electrons. The Kier molecular flexibility index (Phi) is 4.42. The summed E-state index contributed by atoms with van der Waals surface area (Å²) in [5.41, 5.74) is 1.12. The Morgan fingerprint density at radius 3 is 3.00 bits per heavy atom. The van der Waals surface area contributed by atoms with Crippen LogP contribution in [0.25, 0.3) is 0 Å². The van der Waals surface area contributed by atoms with Crippen LogP contribution in [0.1, 0.15) is 20.8 Å². The van der Waals surface area contributed by atoms with Gasteiger partial charge < -0.3 is 14.2 Å². The van der Waals surface area contributed by atoms with Crippen LogP contribution in [0.5, 0.6) is 0 Å². The largest absolute Gasteiger partial charge is 0.379 e. The van der Waals surface area contributed by atoms with Crippen molar-refractivity contribution in [2.45, 2.75) is 33.2 Å². The molecule has 0 amide bonds. The maximum atomic E-state index is 5.60. The smallest absolute Gasteiger partial charge is 0.180 e. The first-order valence-corrected chi connectivity index (χ1v) is 4.75. The van der Waals surface area contributed by atoms with Gasteiger partial charge in [-0.05, 0) is 26.3 Å². The van der Waals surface area contributed by atoms with E-state index >= 15 is 0 Å². The fourth-order valence-electron chi connectivity index (χ4n) is 1.16. The van der Waals surface area contributed by atoms with Crippen LogP contribution >= 0.6 is 0 Å². The summed E-state index contributed by atoms with van der Waals surface area (Å²) in [5, 5.41) is 0. The van der Waals surface area contributed by atoms with Crippen molar-refractivity contribution in [1.29, 1.82) is 0 Å². The van der Waals surface area contributed by atoms with Gasteiger partial charge >= 0.3 is 0 Å². The minimum Gasteiger partial charge on any atom is -0.379 e. The van der Waals surface area contributed by atoms with Crippen LogP contribution < -0.4 is 0 Å². The zero-order valence-electron chi connectivity index (χ0n) is 8.58. The highest BCUT2D eigenvalue weighted by Crippen LogP contribution is 2.18. The first kappa shape index (κ1) is 10.7. The molecule has 1 rings (SSSR count). The maximum absolute atomic E-state index is 5.60. The van der Waals surface area contributed by atoms with Crippen molar-refractivity contribution in [2.24, 2.45) is 0 Å². The zero-order chi connectivity index (χ0) is 9.68. The molecule has 0 aromatic heterocycles. The lowest BCUT2D eigenvalue weighted by molar-refractivity contribution is -0.0458. The first-order valence-electron chi connectivity index (χ1n) is 4.75. The normalized spacial score (nSPS) is 29.6. The van der Waals surface area contributed by atoms with Crippen LogP contribution in [-0.4, -0.2) is 32.2 Å². The second kappa shape index (κ2) is 5.37. The van der Waals surface area contributed by atoms with Gasteiger partial charge in [-0.3, -0.25) is 0 Å². The molecule has 2 unspecified atom stereocenters. The number of ether oxygens (including phenoxy) is 3. The van der Waals surface area contributed by atoms with E-state index in [2.05, 4.69) is 0 Å². The van der Waals surface area contributed by atoms with E-state index in [0.717, 1.165) is 12.2 Å². The molecule has 1 saturated heterocycles. The summed E-state index contributed by atoms with van der Waals surface area (Å²) in [5.74, 6) is 0. The van der Waals surface area contributed by atoms with Crippen LogP contribution in [0, 0.1) is 0 Å². The van der Waals surface area contributed by atoms with E-state index in [4.69, 9.17) is 14.2 Å². The quantitative estimate of drug-likeness (QED) is 0.626. The van der Waals surface area contributed by atoms with Gasteiger partial charge in [-0.1, -0.05) is 6.08 Å². The summed E-state index contributed by atoms with van der Waals surface area (Å²) in [6.07, 6.45) is 1.95. The first-order chi connectivity index (χ1) is 6.27. The molecule has 1 heterocycles. The summed E-state index contributed by atoms with van der Waals surface area (Å²) in [7, 11) is 0. The molecule has 0 aromatic rings. The predicted octanol–water partition coefficient (Wildman–Crippen LogP) is 1.73. The Balaban J connectivity index is 2.28. The Bertz CT molecular complexity index is 177. The van der Waals surface area contributed by atoms with Gasteiger partial charge in [0.25, 0.3) is 0 Å². The average molecular weight is 186 g/mol. The molecule has 3 heteroatoms. The van der Waals surface area contributed by atoms with Crippen molar-refractivity contribution in [3.8, 4) is 0 Å². The number of hydrogen-bond acceptors (Lipinski definition) is 3. The van der Waals surface area contributed by atoms with Gasteiger partial charge in [0.1, 0.15) is 6.10 Å². The van der Waals surface area contributed by atoms with Crippen LogP contribution in [0.15, 0.2) is 11.6 Å². The van der Waals surface area contributed by atoms with E-state index in [9.17, 15) is 0 Å².